The zero-order valence-corrected chi connectivity index (χ0v) is 24.3. The normalized spacial score (nSPS) is 19.6. The maximum absolute atomic E-state index is 13.7. The number of rotatable bonds is 5. The third kappa shape index (κ3) is 6.10. The van der Waals surface area contributed by atoms with Crippen LogP contribution in [0.15, 0.2) is 24.3 Å². The molecule has 0 aliphatic carbocycles. The second-order valence-corrected chi connectivity index (χ2v) is 12.0. The molecule has 2 N–H and O–H groups in total. The number of nitrogens with one attached hydrogen (secondary N) is 2. The SMILES string of the molecule is CCNC(=O)Nc1sc2ccccc2c1C(=O)N1CCN(C2CCN(C(=O)C3CCN(C(C)=O)CC3)CC2)CC1. The number of nitrogens with zero attached hydrogens (tertiary/aromatic N) is 4. The zero-order chi connectivity index (χ0) is 28.2. The van der Waals surface area contributed by atoms with Crippen LogP contribution in [0.3, 0.4) is 0 Å². The molecule has 10 nitrogen and oxygen atoms in total. The molecule has 3 aliphatic heterocycles. The van der Waals surface area contributed by atoms with Crippen LogP contribution in [-0.4, -0.2) is 108 Å². The van der Waals surface area contributed by atoms with Crippen LogP contribution in [0.2, 0.25) is 0 Å². The lowest BCUT2D eigenvalue weighted by Crippen LogP contribution is -2.55. The number of piperazine rings is 1. The molecule has 216 valence electrons. The van der Waals surface area contributed by atoms with E-state index in [0.717, 1.165) is 61.9 Å². The summed E-state index contributed by atoms with van der Waals surface area (Å²) in [5, 5.41) is 7.09. The fourth-order valence-corrected chi connectivity index (χ4v) is 7.34. The van der Waals surface area contributed by atoms with Crippen molar-refractivity contribution in [3.05, 3.63) is 29.8 Å². The quantitative estimate of drug-likeness (QED) is 0.577. The summed E-state index contributed by atoms with van der Waals surface area (Å²) in [5.74, 6) is 0.327. The van der Waals surface area contributed by atoms with Crippen molar-refractivity contribution in [2.24, 2.45) is 5.92 Å². The van der Waals surface area contributed by atoms with Crippen molar-refractivity contribution in [3.8, 4) is 0 Å². The van der Waals surface area contributed by atoms with Gasteiger partial charge in [-0.3, -0.25) is 24.6 Å². The number of hydrogen-bond acceptors (Lipinski definition) is 6. The van der Waals surface area contributed by atoms with Crippen molar-refractivity contribution in [1.82, 2.24) is 24.9 Å². The largest absolute Gasteiger partial charge is 0.343 e. The number of likely N-dealkylation sites (tertiary alicyclic amines) is 2. The summed E-state index contributed by atoms with van der Waals surface area (Å²) < 4.78 is 0.974. The fraction of sp³-hybridized carbons (Fsp3) is 0.586. The third-order valence-corrected chi connectivity index (χ3v) is 9.64. The van der Waals surface area contributed by atoms with E-state index < -0.39 is 0 Å². The molecule has 0 unspecified atom stereocenters. The molecule has 0 saturated carbocycles. The molecule has 1 aromatic heterocycles. The van der Waals surface area contributed by atoms with Crippen molar-refractivity contribution in [2.75, 3.05) is 64.2 Å². The summed E-state index contributed by atoms with van der Waals surface area (Å²) in [6, 6.07) is 7.89. The predicted molar refractivity (Wildman–Crippen MR) is 157 cm³/mol. The van der Waals surface area contributed by atoms with Gasteiger partial charge in [0.25, 0.3) is 5.91 Å². The van der Waals surface area contributed by atoms with Crippen molar-refractivity contribution < 1.29 is 19.2 Å². The van der Waals surface area contributed by atoms with Crippen LogP contribution < -0.4 is 10.6 Å². The van der Waals surface area contributed by atoms with E-state index >= 15 is 0 Å². The highest BCUT2D eigenvalue weighted by Crippen LogP contribution is 2.37. The Morgan fingerprint density at radius 2 is 1.50 bits per heavy atom. The number of urea groups is 1. The molecule has 5 rings (SSSR count). The van der Waals surface area contributed by atoms with Gasteiger partial charge in [0.1, 0.15) is 5.00 Å². The lowest BCUT2D eigenvalue weighted by molar-refractivity contribution is -0.141. The molecule has 40 heavy (non-hydrogen) atoms. The Kier molecular flexibility index (Phi) is 8.90. The summed E-state index contributed by atoms with van der Waals surface area (Å²) in [6.07, 6.45) is 3.41. The van der Waals surface area contributed by atoms with Gasteiger partial charge < -0.3 is 20.0 Å². The van der Waals surface area contributed by atoms with Gasteiger partial charge in [-0.1, -0.05) is 18.2 Å². The smallest absolute Gasteiger partial charge is 0.319 e. The summed E-state index contributed by atoms with van der Waals surface area (Å²) in [6.45, 7) is 9.73. The van der Waals surface area contributed by atoms with E-state index in [4.69, 9.17) is 0 Å². The molecule has 0 radical (unpaired) electrons. The van der Waals surface area contributed by atoms with Crippen LogP contribution in [0.25, 0.3) is 10.1 Å². The summed E-state index contributed by atoms with van der Waals surface area (Å²) in [4.78, 5) is 58.9. The summed E-state index contributed by atoms with van der Waals surface area (Å²) >= 11 is 1.43. The van der Waals surface area contributed by atoms with Crippen LogP contribution in [0.5, 0.6) is 0 Å². The van der Waals surface area contributed by atoms with Crippen LogP contribution in [0.1, 0.15) is 49.9 Å². The second-order valence-electron chi connectivity index (χ2n) is 11.0. The Labute approximate surface area is 239 Å². The highest BCUT2D eigenvalue weighted by Gasteiger charge is 2.34. The average Bonchev–Trinajstić information content (AvgIpc) is 3.34. The van der Waals surface area contributed by atoms with Gasteiger partial charge in [0.05, 0.1) is 5.56 Å². The van der Waals surface area contributed by atoms with Crippen LogP contribution in [-0.2, 0) is 9.59 Å². The molecule has 11 heteroatoms. The van der Waals surface area contributed by atoms with Gasteiger partial charge in [0, 0.05) is 87.9 Å². The number of benzene rings is 1. The standard InChI is InChI=1S/C29H40N6O4S/c1-3-30-29(39)31-26-25(23-6-4-5-7-24(23)40-26)28(38)35-18-16-33(17-19-35)22-10-14-34(15-11-22)27(37)21-8-12-32(13-9-21)20(2)36/h4-7,21-22H,3,8-19H2,1-2H3,(H2,30,31,39). The highest BCUT2D eigenvalue weighted by molar-refractivity contribution is 7.23. The Balaban J connectivity index is 1.14. The lowest BCUT2D eigenvalue weighted by Gasteiger charge is -2.43. The number of carbonyl (C=O) groups is 4. The molecule has 0 bridgehead atoms. The molecule has 3 aliphatic rings. The van der Waals surface area contributed by atoms with Crippen molar-refractivity contribution in [2.45, 2.75) is 45.6 Å². The van der Waals surface area contributed by atoms with Gasteiger partial charge in [0.15, 0.2) is 0 Å². The van der Waals surface area contributed by atoms with E-state index in [1.54, 1.807) is 6.92 Å². The first kappa shape index (κ1) is 28.4. The maximum atomic E-state index is 13.7. The molecule has 4 heterocycles. The first-order valence-corrected chi connectivity index (χ1v) is 15.3. The van der Waals surface area contributed by atoms with E-state index in [1.165, 1.54) is 11.3 Å². The maximum Gasteiger partial charge on any atom is 0.319 e. The number of fused-ring (bicyclic) bond motifs is 1. The minimum atomic E-state index is -0.306. The highest BCUT2D eigenvalue weighted by atomic mass is 32.1. The topological polar surface area (TPSA) is 105 Å². The van der Waals surface area contributed by atoms with Crippen LogP contribution in [0.4, 0.5) is 9.80 Å². The van der Waals surface area contributed by atoms with E-state index in [0.29, 0.717) is 49.3 Å². The molecule has 0 spiro atoms. The monoisotopic (exact) mass is 568 g/mol. The zero-order valence-electron chi connectivity index (χ0n) is 23.5. The minimum Gasteiger partial charge on any atom is -0.343 e. The number of piperidine rings is 2. The van der Waals surface area contributed by atoms with Gasteiger partial charge in [-0.05, 0) is 38.7 Å². The van der Waals surface area contributed by atoms with E-state index in [2.05, 4.69) is 15.5 Å². The summed E-state index contributed by atoms with van der Waals surface area (Å²) in [7, 11) is 0. The van der Waals surface area contributed by atoms with Crippen molar-refractivity contribution >= 4 is 50.2 Å². The second kappa shape index (κ2) is 12.6. The first-order valence-electron chi connectivity index (χ1n) is 14.5. The fourth-order valence-electron chi connectivity index (χ4n) is 6.25. The molecular weight excluding hydrogens is 528 g/mol. The average molecular weight is 569 g/mol. The molecular formula is C29H40N6O4S. The van der Waals surface area contributed by atoms with E-state index in [9.17, 15) is 19.2 Å². The molecule has 3 fully saturated rings. The molecule has 5 amide bonds. The Hall–Kier alpha value is -3.18. The van der Waals surface area contributed by atoms with E-state index in [1.807, 2.05) is 45.9 Å². The molecule has 2 aromatic rings. The first-order chi connectivity index (χ1) is 19.4. The van der Waals surface area contributed by atoms with Gasteiger partial charge in [-0.2, -0.15) is 0 Å². The Bertz CT molecular complexity index is 1240. The minimum absolute atomic E-state index is 0.0299. The third-order valence-electron chi connectivity index (χ3n) is 8.56. The summed E-state index contributed by atoms with van der Waals surface area (Å²) in [5.41, 5.74) is 0.571. The number of amides is 5. The van der Waals surface area contributed by atoms with Gasteiger partial charge in [0.2, 0.25) is 11.8 Å². The Morgan fingerprint density at radius 1 is 0.850 bits per heavy atom. The molecule has 3 saturated heterocycles. The number of anilines is 1. The predicted octanol–water partition coefficient (Wildman–Crippen LogP) is 3.05. The Morgan fingerprint density at radius 3 is 2.15 bits per heavy atom. The van der Waals surface area contributed by atoms with Crippen LogP contribution in [0, 0.1) is 5.92 Å². The lowest BCUT2D eigenvalue weighted by atomic mass is 9.93. The van der Waals surface area contributed by atoms with Crippen LogP contribution >= 0.6 is 11.3 Å². The van der Waals surface area contributed by atoms with Crippen molar-refractivity contribution in [3.63, 3.8) is 0 Å². The number of thiophene rings is 1. The number of hydrogen-bond donors (Lipinski definition) is 2. The molecule has 1 aromatic carbocycles. The number of carbonyl (C=O) groups excluding carboxylic acids is 4. The van der Waals surface area contributed by atoms with E-state index in [-0.39, 0.29) is 29.7 Å². The van der Waals surface area contributed by atoms with Gasteiger partial charge in [-0.15, -0.1) is 11.3 Å². The van der Waals surface area contributed by atoms with Gasteiger partial charge in [-0.25, -0.2) is 4.79 Å². The van der Waals surface area contributed by atoms with Gasteiger partial charge >= 0.3 is 6.03 Å². The van der Waals surface area contributed by atoms with Crippen molar-refractivity contribution in [1.29, 1.82) is 0 Å². The molecule has 0 atom stereocenters.